The monoisotopic (exact) mass is 283 g/mol. The molecule has 0 fully saturated rings. The predicted molar refractivity (Wildman–Crippen MR) is 82.3 cm³/mol. The van der Waals surface area contributed by atoms with E-state index in [9.17, 15) is 10.1 Å². The van der Waals surface area contributed by atoms with Crippen molar-refractivity contribution in [1.29, 1.82) is 5.26 Å². The molecule has 0 amide bonds. The van der Waals surface area contributed by atoms with Crippen LogP contribution >= 0.6 is 0 Å². The van der Waals surface area contributed by atoms with Crippen LogP contribution in [0.25, 0.3) is 0 Å². The minimum Gasteiger partial charge on any atom is -0.397 e. The molecule has 6 nitrogen and oxygen atoms in total. The zero-order chi connectivity index (χ0) is 15.2. The van der Waals surface area contributed by atoms with Crippen molar-refractivity contribution in [2.24, 2.45) is 0 Å². The first-order valence-electron chi connectivity index (χ1n) is 6.78. The van der Waals surface area contributed by atoms with E-state index >= 15 is 0 Å². The number of nitrogen functional groups attached to an aromatic ring is 1. The standard InChI is InChI=1S/C15H17N5O/c1-2-3-8-20-10-11(9-16)14(19-15(20)21)18-13-7-5-4-6-12(13)17/h4-7,10H,2-3,8,17H2,1H3,(H,18,19,21). The van der Waals surface area contributed by atoms with Crippen molar-refractivity contribution < 1.29 is 0 Å². The second-order valence-electron chi connectivity index (χ2n) is 4.66. The Hall–Kier alpha value is -2.81. The third-order valence-corrected chi connectivity index (χ3v) is 3.08. The van der Waals surface area contributed by atoms with Crippen LogP contribution in [-0.2, 0) is 6.54 Å². The lowest BCUT2D eigenvalue weighted by atomic mass is 10.2. The molecule has 6 heteroatoms. The summed E-state index contributed by atoms with van der Waals surface area (Å²) in [6, 6.07) is 9.17. The molecule has 0 aliphatic rings. The molecule has 2 aromatic rings. The average molecular weight is 283 g/mol. The number of aromatic nitrogens is 2. The number of hydrogen-bond donors (Lipinski definition) is 2. The quantitative estimate of drug-likeness (QED) is 0.820. The second-order valence-corrected chi connectivity index (χ2v) is 4.66. The van der Waals surface area contributed by atoms with Gasteiger partial charge in [0, 0.05) is 12.7 Å². The summed E-state index contributed by atoms with van der Waals surface area (Å²) in [6.45, 7) is 2.60. The van der Waals surface area contributed by atoms with Crippen molar-refractivity contribution in [2.45, 2.75) is 26.3 Å². The van der Waals surface area contributed by atoms with Crippen LogP contribution in [-0.4, -0.2) is 9.55 Å². The molecule has 0 bridgehead atoms. The van der Waals surface area contributed by atoms with Gasteiger partial charge in [0.2, 0.25) is 0 Å². The van der Waals surface area contributed by atoms with Crippen molar-refractivity contribution in [3.63, 3.8) is 0 Å². The van der Waals surface area contributed by atoms with Gasteiger partial charge in [-0.1, -0.05) is 25.5 Å². The van der Waals surface area contributed by atoms with Gasteiger partial charge < -0.3 is 11.1 Å². The lowest BCUT2D eigenvalue weighted by Crippen LogP contribution is -2.24. The molecular weight excluding hydrogens is 266 g/mol. The van der Waals surface area contributed by atoms with Crippen LogP contribution in [0.2, 0.25) is 0 Å². The Bertz CT molecular complexity index is 730. The minimum absolute atomic E-state index is 0.230. The predicted octanol–water partition coefficient (Wildman–Crippen LogP) is 2.24. The maximum atomic E-state index is 12.0. The number of aryl methyl sites for hydroxylation is 1. The zero-order valence-corrected chi connectivity index (χ0v) is 11.8. The Kier molecular flexibility index (Phi) is 4.57. The number of benzene rings is 1. The van der Waals surface area contributed by atoms with Crippen LogP contribution in [0.5, 0.6) is 0 Å². The summed E-state index contributed by atoms with van der Waals surface area (Å²) < 4.78 is 1.46. The number of nitrogens with one attached hydrogen (secondary N) is 1. The number of unbranched alkanes of at least 4 members (excludes halogenated alkanes) is 1. The molecule has 0 radical (unpaired) electrons. The average Bonchev–Trinajstić information content (AvgIpc) is 2.49. The van der Waals surface area contributed by atoms with Gasteiger partial charge in [-0.2, -0.15) is 10.2 Å². The number of nitrogens with two attached hydrogens (primary N) is 1. The second kappa shape index (κ2) is 6.57. The van der Waals surface area contributed by atoms with E-state index in [1.165, 1.54) is 10.8 Å². The Balaban J connectivity index is 2.36. The summed E-state index contributed by atoms with van der Waals surface area (Å²) in [6.07, 6.45) is 3.37. The van der Waals surface area contributed by atoms with Gasteiger partial charge >= 0.3 is 5.69 Å². The molecule has 0 unspecified atom stereocenters. The topological polar surface area (TPSA) is 96.7 Å². The molecule has 3 N–H and O–H groups in total. The van der Waals surface area contributed by atoms with Crippen LogP contribution < -0.4 is 16.7 Å². The molecule has 0 saturated carbocycles. The van der Waals surface area contributed by atoms with Crippen molar-refractivity contribution in [1.82, 2.24) is 9.55 Å². The Morgan fingerprint density at radius 3 is 2.86 bits per heavy atom. The molecule has 0 aliphatic carbocycles. The number of anilines is 3. The SMILES string of the molecule is CCCCn1cc(C#N)c(Nc2ccccc2N)nc1=O. The van der Waals surface area contributed by atoms with E-state index in [0.717, 1.165) is 12.8 Å². The zero-order valence-electron chi connectivity index (χ0n) is 11.8. The number of hydrogen-bond acceptors (Lipinski definition) is 5. The van der Waals surface area contributed by atoms with E-state index in [-0.39, 0.29) is 11.5 Å². The van der Waals surface area contributed by atoms with Crippen LogP contribution in [0.3, 0.4) is 0 Å². The van der Waals surface area contributed by atoms with Crippen molar-refractivity contribution in [3.8, 4) is 6.07 Å². The first kappa shape index (κ1) is 14.6. The van der Waals surface area contributed by atoms with Gasteiger partial charge in [0.05, 0.1) is 11.4 Å². The van der Waals surface area contributed by atoms with Gasteiger partial charge in [-0.3, -0.25) is 4.57 Å². The summed E-state index contributed by atoms with van der Waals surface area (Å²) in [5.74, 6) is 0.230. The van der Waals surface area contributed by atoms with Crippen molar-refractivity contribution in [3.05, 3.63) is 46.5 Å². The minimum atomic E-state index is -0.376. The third-order valence-electron chi connectivity index (χ3n) is 3.08. The fourth-order valence-corrected chi connectivity index (χ4v) is 1.90. The van der Waals surface area contributed by atoms with Gasteiger partial charge in [-0.25, -0.2) is 4.79 Å². The summed E-state index contributed by atoms with van der Waals surface area (Å²) in [4.78, 5) is 15.9. The lowest BCUT2D eigenvalue weighted by Gasteiger charge is -2.11. The van der Waals surface area contributed by atoms with Gasteiger partial charge in [-0.05, 0) is 18.6 Å². The largest absolute Gasteiger partial charge is 0.397 e. The fourth-order valence-electron chi connectivity index (χ4n) is 1.90. The van der Waals surface area contributed by atoms with Crippen LogP contribution in [0, 0.1) is 11.3 Å². The van der Waals surface area contributed by atoms with Gasteiger partial charge in [0.15, 0.2) is 5.82 Å². The van der Waals surface area contributed by atoms with Gasteiger partial charge in [-0.15, -0.1) is 0 Å². The van der Waals surface area contributed by atoms with E-state index in [4.69, 9.17) is 5.73 Å². The maximum Gasteiger partial charge on any atom is 0.349 e. The van der Waals surface area contributed by atoms with Crippen molar-refractivity contribution >= 4 is 17.2 Å². The summed E-state index contributed by atoms with van der Waals surface area (Å²) in [5.41, 5.74) is 6.92. The Labute approximate surface area is 122 Å². The molecular formula is C15H17N5O. The smallest absolute Gasteiger partial charge is 0.349 e. The van der Waals surface area contributed by atoms with Crippen LogP contribution in [0.4, 0.5) is 17.2 Å². The van der Waals surface area contributed by atoms with Crippen LogP contribution in [0.15, 0.2) is 35.3 Å². The molecule has 1 aromatic heterocycles. The summed E-state index contributed by atoms with van der Waals surface area (Å²) in [5, 5.41) is 12.2. The van der Waals surface area contributed by atoms with E-state index in [1.807, 2.05) is 19.1 Å². The Morgan fingerprint density at radius 1 is 1.43 bits per heavy atom. The molecule has 108 valence electrons. The highest BCUT2D eigenvalue weighted by Gasteiger charge is 2.09. The summed E-state index contributed by atoms with van der Waals surface area (Å²) in [7, 11) is 0. The van der Waals surface area contributed by atoms with E-state index < -0.39 is 0 Å². The van der Waals surface area contributed by atoms with E-state index in [2.05, 4.69) is 16.4 Å². The van der Waals surface area contributed by atoms with E-state index in [0.29, 0.717) is 23.5 Å². The number of nitrogens with zero attached hydrogens (tertiary/aromatic N) is 3. The lowest BCUT2D eigenvalue weighted by molar-refractivity contribution is 0.599. The molecule has 0 spiro atoms. The maximum absolute atomic E-state index is 12.0. The number of rotatable bonds is 5. The highest BCUT2D eigenvalue weighted by atomic mass is 16.1. The molecule has 1 aromatic carbocycles. The summed E-state index contributed by atoms with van der Waals surface area (Å²) >= 11 is 0. The molecule has 0 atom stereocenters. The first-order valence-corrected chi connectivity index (χ1v) is 6.78. The van der Waals surface area contributed by atoms with E-state index in [1.54, 1.807) is 12.1 Å². The van der Waals surface area contributed by atoms with Gasteiger partial charge in [0.25, 0.3) is 0 Å². The third kappa shape index (κ3) is 3.39. The number of nitriles is 1. The highest BCUT2D eigenvalue weighted by Crippen LogP contribution is 2.22. The van der Waals surface area contributed by atoms with Gasteiger partial charge in [0.1, 0.15) is 11.6 Å². The Morgan fingerprint density at radius 2 is 2.19 bits per heavy atom. The molecule has 0 saturated heterocycles. The molecule has 2 rings (SSSR count). The first-order chi connectivity index (χ1) is 10.2. The molecule has 1 heterocycles. The van der Waals surface area contributed by atoms with Crippen LogP contribution in [0.1, 0.15) is 25.3 Å². The molecule has 21 heavy (non-hydrogen) atoms. The number of para-hydroxylation sites is 2. The highest BCUT2D eigenvalue weighted by molar-refractivity contribution is 5.72. The van der Waals surface area contributed by atoms with Crippen molar-refractivity contribution in [2.75, 3.05) is 11.1 Å². The normalized spacial score (nSPS) is 10.1. The molecule has 0 aliphatic heterocycles. The fraction of sp³-hybridized carbons (Fsp3) is 0.267.